The lowest BCUT2D eigenvalue weighted by molar-refractivity contribution is 0.288. The van der Waals surface area contributed by atoms with Crippen LogP contribution in [0.15, 0.2) is 0 Å². The first-order chi connectivity index (χ1) is 7.02. The van der Waals surface area contributed by atoms with Crippen LogP contribution in [0.4, 0.5) is 0 Å². The van der Waals surface area contributed by atoms with Gasteiger partial charge in [-0.2, -0.15) is 17.0 Å². The van der Waals surface area contributed by atoms with Gasteiger partial charge < -0.3 is 5.73 Å². The third kappa shape index (κ3) is 2.90. The number of nitrogens with zero attached hydrogens (tertiary/aromatic N) is 2. The topological polar surface area (TPSA) is 66.6 Å². The summed E-state index contributed by atoms with van der Waals surface area (Å²) in [6.45, 7) is 5.80. The zero-order valence-corrected chi connectivity index (χ0v) is 10.3. The van der Waals surface area contributed by atoms with E-state index in [1.165, 1.54) is 8.61 Å². The molecular weight excluding hydrogens is 214 g/mol. The zero-order chi connectivity index (χ0) is 11.5. The van der Waals surface area contributed by atoms with Crippen LogP contribution in [0, 0.1) is 0 Å². The SMILES string of the molecule is CCN(CC)S(=O)(=O)N1CCC[C@H](N)C1. The molecule has 2 N–H and O–H groups in total. The molecule has 0 spiro atoms. The summed E-state index contributed by atoms with van der Waals surface area (Å²) in [6.07, 6.45) is 1.78. The predicted molar refractivity (Wildman–Crippen MR) is 60.6 cm³/mol. The summed E-state index contributed by atoms with van der Waals surface area (Å²) in [5, 5.41) is 0. The molecular formula is C9H21N3O2S. The van der Waals surface area contributed by atoms with E-state index in [1.807, 2.05) is 13.8 Å². The highest BCUT2D eigenvalue weighted by Crippen LogP contribution is 2.15. The summed E-state index contributed by atoms with van der Waals surface area (Å²) in [7, 11) is -3.27. The van der Waals surface area contributed by atoms with Crippen molar-refractivity contribution < 1.29 is 8.42 Å². The van der Waals surface area contributed by atoms with E-state index in [-0.39, 0.29) is 6.04 Å². The minimum Gasteiger partial charge on any atom is -0.327 e. The van der Waals surface area contributed by atoms with E-state index in [0.717, 1.165) is 12.8 Å². The van der Waals surface area contributed by atoms with Gasteiger partial charge in [0.1, 0.15) is 0 Å². The Morgan fingerprint density at radius 3 is 2.47 bits per heavy atom. The molecule has 90 valence electrons. The van der Waals surface area contributed by atoms with Crippen LogP contribution >= 0.6 is 0 Å². The molecule has 0 aromatic carbocycles. The monoisotopic (exact) mass is 235 g/mol. The standard InChI is InChI=1S/C9H21N3O2S/c1-3-11(4-2)15(13,14)12-7-5-6-9(10)8-12/h9H,3-8,10H2,1-2H3/t9-/m0/s1. The summed E-state index contributed by atoms with van der Waals surface area (Å²) in [5.41, 5.74) is 5.78. The van der Waals surface area contributed by atoms with Crippen LogP contribution in [0.1, 0.15) is 26.7 Å². The highest BCUT2D eigenvalue weighted by Gasteiger charge is 2.30. The van der Waals surface area contributed by atoms with Crippen molar-refractivity contribution in [1.29, 1.82) is 0 Å². The number of rotatable bonds is 4. The first-order valence-corrected chi connectivity index (χ1v) is 6.92. The fourth-order valence-corrected chi connectivity index (χ4v) is 3.62. The maximum absolute atomic E-state index is 12.1. The van der Waals surface area contributed by atoms with Crippen molar-refractivity contribution in [3.05, 3.63) is 0 Å². The molecule has 0 aromatic heterocycles. The van der Waals surface area contributed by atoms with Gasteiger partial charge in [-0.15, -0.1) is 0 Å². The van der Waals surface area contributed by atoms with E-state index in [1.54, 1.807) is 0 Å². The maximum Gasteiger partial charge on any atom is 0.282 e. The molecule has 0 saturated carbocycles. The van der Waals surface area contributed by atoms with Crippen LogP contribution in [-0.2, 0) is 10.2 Å². The molecule has 1 atom stereocenters. The Bertz CT molecular complexity index is 288. The Balaban J connectivity index is 2.75. The average Bonchev–Trinajstić information content (AvgIpc) is 2.19. The van der Waals surface area contributed by atoms with E-state index in [9.17, 15) is 8.42 Å². The van der Waals surface area contributed by atoms with Gasteiger partial charge in [0.15, 0.2) is 0 Å². The largest absolute Gasteiger partial charge is 0.327 e. The van der Waals surface area contributed by atoms with E-state index in [0.29, 0.717) is 26.2 Å². The third-order valence-electron chi connectivity index (χ3n) is 2.78. The molecule has 1 heterocycles. The highest BCUT2D eigenvalue weighted by atomic mass is 32.2. The van der Waals surface area contributed by atoms with Gasteiger partial charge in [0.25, 0.3) is 10.2 Å². The van der Waals surface area contributed by atoms with Crippen LogP contribution in [0.2, 0.25) is 0 Å². The molecule has 0 radical (unpaired) electrons. The Hall–Kier alpha value is -0.170. The van der Waals surface area contributed by atoms with Gasteiger partial charge >= 0.3 is 0 Å². The van der Waals surface area contributed by atoms with Crippen LogP contribution in [0.5, 0.6) is 0 Å². The van der Waals surface area contributed by atoms with Gasteiger partial charge in [0.2, 0.25) is 0 Å². The molecule has 15 heavy (non-hydrogen) atoms. The molecule has 1 fully saturated rings. The Kier molecular flexibility index (Phi) is 4.51. The molecule has 0 amide bonds. The zero-order valence-electron chi connectivity index (χ0n) is 9.52. The molecule has 6 heteroatoms. The van der Waals surface area contributed by atoms with Gasteiger partial charge in [-0.3, -0.25) is 0 Å². The van der Waals surface area contributed by atoms with Gasteiger partial charge in [-0.05, 0) is 12.8 Å². The van der Waals surface area contributed by atoms with Crippen molar-refractivity contribution >= 4 is 10.2 Å². The predicted octanol–water partition coefficient (Wildman–Crippen LogP) is -0.00390. The molecule has 5 nitrogen and oxygen atoms in total. The second-order valence-corrected chi connectivity index (χ2v) is 5.78. The number of hydrogen-bond donors (Lipinski definition) is 1. The average molecular weight is 235 g/mol. The first kappa shape index (κ1) is 12.9. The molecule has 0 aliphatic carbocycles. The van der Waals surface area contributed by atoms with E-state index >= 15 is 0 Å². The van der Waals surface area contributed by atoms with Crippen molar-refractivity contribution in [2.45, 2.75) is 32.7 Å². The third-order valence-corrected chi connectivity index (χ3v) is 4.93. The Morgan fingerprint density at radius 1 is 1.40 bits per heavy atom. The van der Waals surface area contributed by atoms with Crippen molar-refractivity contribution in [2.75, 3.05) is 26.2 Å². The van der Waals surface area contributed by atoms with Crippen molar-refractivity contribution in [3.63, 3.8) is 0 Å². The fourth-order valence-electron chi connectivity index (χ4n) is 1.90. The quantitative estimate of drug-likeness (QED) is 0.745. The molecule has 1 rings (SSSR count). The molecule has 1 aliphatic rings. The minimum absolute atomic E-state index is 0.0101. The van der Waals surface area contributed by atoms with Gasteiger partial charge in [0.05, 0.1) is 0 Å². The Morgan fingerprint density at radius 2 is 2.00 bits per heavy atom. The Labute approximate surface area is 92.4 Å². The number of hydrogen-bond acceptors (Lipinski definition) is 3. The van der Waals surface area contributed by atoms with Gasteiger partial charge in [-0.1, -0.05) is 13.8 Å². The normalized spacial score (nSPS) is 24.7. The van der Waals surface area contributed by atoms with Gasteiger partial charge in [-0.25, -0.2) is 0 Å². The van der Waals surface area contributed by atoms with E-state index < -0.39 is 10.2 Å². The summed E-state index contributed by atoms with van der Waals surface area (Å²) >= 11 is 0. The smallest absolute Gasteiger partial charge is 0.282 e. The summed E-state index contributed by atoms with van der Waals surface area (Å²) in [5.74, 6) is 0. The summed E-state index contributed by atoms with van der Waals surface area (Å²) in [4.78, 5) is 0. The minimum atomic E-state index is -3.27. The number of piperidine rings is 1. The lowest BCUT2D eigenvalue weighted by Gasteiger charge is -2.33. The maximum atomic E-state index is 12.1. The van der Waals surface area contributed by atoms with Crippen LogP contribution in [0.25, 0.3) is 0 Å². The van der Waals surface area contributed by atoms with E-state index in [2.05, 4.69) is 0 Å². The second kappa shape index (κ2) is 5.25. The molecule has 1 aliphatic heterocycles. The van der Waals surface area contributed by atoms with Crippen molar-refractivity contribution in [1.82, 2.24) is 8.61 Å². The van der Waals surface area contributed by atoms with Crippen molar-refractivity contribution in [2.24, 2.45) is 5.73 Å². The molecule has 1 saturated heterocycles. The van der Waals surface area contributed by atoms with Crippen LogP contribution in [0.3, 0.4) is 0 Å². The van der Waals surface area contributed by atoms with Crippen molar-refractivity contribution in [3.8, 4) is 0 Å². The second-order valence-electron chi connectivity index (χ2n) is 3.85. The lowest BCUT2D eigenvalue weighted by Crippen LogP contribution is -2.51. The first-order valence-electron chi connectivity index (χ1n) is 5.53. The molecule has 0 bridgehead atoms. The van der Waals surface area contributed by atoms with Crippen LogP contribution in [-0.4, -0.2) is 49.2 Å². The summed E-state index contributed by atoms with van der Waals surface area (Å²) in [6, 6.07) is -0.0101. The molecule has 0 unspecified atom stereocenters. The summed E-state index contributed by atoms with van der Waals surface area (Å²) < 4.78 is 27.2. The fraction of sp³-hybridized carbons (Fsp3) is 1.00. The van der Waals surface area contributed by atoms with Crippen LogP contribution < -0.4 is 5.73 Å². The van der Waals surface area contributed by atoms with Gasteiger partial charge in [0, 0.05) is 32.2 Å². The number of nitrogens with two attached hydrogens (primary N) is 1. The highest BCUT2D eigenvalue weighted by molar-refractivity contribution is 7.86. The molecule has 0 aromatic rings. The lowest BCUT2D eigenvalue weighted by atomic mass is 10.1. The van der Waals surface area contributed by atoms with E-state index in [4.69, 9.17) is 5.73 Å².